The molecule has 7 heteroatoms. The minimum Gasteiger partial charge on any atom is -0.482 e. The van der Waals surface area contributed by atoms with Gasteiger partial charge in [0.1, 0.15) is 23.4 Å². The van der Waals surface area contributed by atoms with Gasteiger partial charge in [-0.1, -0.05) is 6.07 Å². The molecule has 2 heterocycles. The maximum atomic E-state index is 12.6. The lowest BCUT2D eigenvalue weighted by Crippen LogP contribution is -2.43. The van der Waals surface area contributed by atoms with Gasteiger partial charge in [0.15, 0.2) is 6.61 Å². The molecule has 6 nitrogen and oxygen atoms in total. The summed E-state index contributed by atoms with van der Waals surface area (Å²) in [5, 5.41) is 12.8. The second-order valence-corrected chi connectivity index (χ2v) is 7.57. The average molecular weight is 367 g/mol. The first kappa shape index (κ1) is 16.6. The van der Waals surface area contributed by atoms with Gasteiger partial charge in [0.2, 0.25) is 5.91 Å². The van der Waals surface area contributed by atoms with Crippen LogP contribution in [0.25, 0.3) is 0 Å². The van der Waals surface area contributed by atoms with Crippen LogP contribution in [0.15, 0.2) is 18.2 Å². The fourth-order valence-electron chi connectivity index (χ4n) is 3.41. The van der Waals surface area contributed by atoms with Gasteiger partial charge < -0.3 is 10.1 Å². The van der Waals surface area contributed by atoms with E-state index in [2.05, 4.69) is 11.4 Å². The molecule has 0 fully saturated rings. The second kappa shape index (κ2) is 6.46. The normalized spacial score (nSPS) is 15.1. The Balaban J connectivity index is 1.55. The summed E-state index contributed by atoms with van der Waals surface area (Å²) in [5.41, 5.74) is 3.22. The molecule has 4 rings (SSSR count). The van der Waals surface area contributed by atoms with Crippen molar-refractivity contribution in [2.45, 2.75) is 26.2 Å². The predicted molar refractivity (Wildman–Crippen MR) is 98.7 cm³/mol. The molecule has 26 heavy (non-hydrogen) atoms. The molecule has 0 saturated heterocycles. The molecule has 0 bridgehead atoms. The Hall–Kier alpha value is -2.85. The van der Waals surface area contributed by atoms with Gasteiger partial charge >= 0.3 is 0 Å². The van der Waals surface area contributed by atoms with E-state index in [-0.39, 0.29) is 25.0 Å². The summed E-state index contributed by atoms with van der Waals surface area (Å²) in [4.78, 5) is 27.5. The molecule has 0 atom stereocenters. The molecule has 1 aromatic heterocycles. The molecule has 1 aliphatic heterocycles. The van der Waals surface area contributed by atoms with Crippen LogP contribution >= 0.6 is 11.3 Å². The molecular weight excluding hydrogens is 350 g/mol. The summed E-state index contributed by atoms with van der Waals surface area (Å²) in [6.07, 6.45) is 2.90. The highest BCUT2D eigenvalue weighted by Crippen LogP contribution is 2.38. The zero-order valence-electron chi connectivity index (χ0n) is 14.3. The van der Waals surface area contributed by atoms with E-state index in [1.807, 2.05) is 19.1 Å². The number of carbonyl (C=O) groups excluding carboxylic acids is 2. The number of nitrogens with zero attached hydrogens (tertiary/aromatic N) is 2. The molecule has 132 valence electrons. The van der Waals surface area contributed by atoms with Crippen molar-refractivity contribution in [3.8, 4) is 11.8 Å². The van der Waals surface area contributed by atoms with Gasteiger partial charge in [0.25, 0.3) is 5.91 Å². The van der Waals surface area contributed by atoms with Crippen LogP contribution in [0, 0.1) is 18.3 Å². The summed E-state index contributed by atoms with van der Waals surface area (Å²) < 4.78 is 5.43. The van der Waals surface area contributed by atoms with Crippen molar-refractivity contribution in [2.24, 2.45) is 0 Å². The Morgan fingerprint density at radius 1 is 1.42 bits per heavy atom. The highest BCUT2D eigenvalue weighted by molar-refractivity contribution is 7.16. The zero-order valence-corrected chi connectivity index (χ0v) is 15.1. The van der Waals surface area contributed by atoms with Gasteiger partial charge in [-0.15, -0.1) is 11.3 Å². The van der Waals surface area contributed by atoms with Crippen LogP contribution in [0.2, 0.25) is 0 Å². The van der Waals surface area contributed by atoms with Crippen LogP contribution in [0.4, 0.5) is 10.7 Å². The Kier molecular flexibility index (Phi) is 4.13. The van der Waals surface area contributed by atoms with Crippen molar-refractivity contribution in [3.05, 3.63) is 39.8 Å². The van der Waals surface area contributed by atoms with Crippen LogP contribution in [0.5, 0.6) is 5.75 Å². The quantitative estimate of drug-likeness (QED) is 0.904. The summed E-state index contributed by atoms with van der Waals surface area (Å²) in [6.45, 7) is 1.73. The van der Waals surface area contributed by atoms with Crippen LogP contribution in [0.3, 0.4) is 0 Å². The van der Waals surface area contributed by atoms with Gasteiger partial charge in [-0.3, -0.25) is 14.5 Å². The van der Waals surface area contributed by atoms with Crippen LogP contribution < -0.4 is 15.0 Å². The summed E-state index contributed by atoms with van der Waals surface area (Å²) in [7, 11) is 0. The van der Waals surface area contributed by atoms with Gasteiger partial charge in [-0.05, 0) is 49.4 Å². The minimum absolute atomic E-state index is 0.0832. The lowest BCUT2D eigenvalue weighted by atomic mass is 10.1. The SMILES string of the molecule is Cc1ccc2c(c1)N(CC(=O)Nc1sc3c(c1C#N)CCC3)C(=O)CO2. The fraction of sp³-hybridized carbons (Fsp3) is 0.316. The van der Waals surface area contributed by atoms with E-state index in [0.717, 1.165) is 30.4 Å². The fourth-order valence-corrected chi connectivity index (χ4v) is 4.66. The van der Waals surface area contributed by atoms with E-state index in [1.165, 1.54) is 21.1 Å². The Bertz CT molecular complexity index is 958. The van der Waals surface area contributed by atoms with Crippen LogP contribution in [0.1, 0.15) is 28.0 Å². The first-order valence-electron chi connectivity index (χ1n) is 8.45. The van der Waals surface area contributed by atoms with Gasteiger partial charge in [-0.25, -0.2) is 0 Å². The third-order valence-corrected chi connectivity index (χ3v) is 5.85. The monoisotopic (exact) mass is 367 g/mol. The molecule has 2 aromatic rings. The molecular formula is C19H17N3O3S. The first-order chi connectivity index (χ1) is 12.6. The number of nitrogens with one attached hydrogen (secondary N) is 1. The van der Waals surface area contributed by atoms with Crippen molar-refractivity contribution in [3.63, 3.8) is 0 Å². The summed E-state index contributed by atoms with van der Waals surface area (Å²) in [6, 6.07) is 7.75. The topological polar surface area (TPSA) is 82.4 Å². The van der Waals surface area contributed by atoms with Gasteiger partial charge in [0, 0.05) is 4.88 Å². The van der Waals surface area contributed by atoms with E-state index in [1.54, 1.807) is 6.07 Å². The second-order valence-electron chi connectivity index (χ2n) is 6.46. The van der Waals surface area contributed by atoms with Gasteiger partial charge in [0.05, 0.1) is 11.3 Å². The number of hydrogen-bond donors (Lipinski definition) is 1. The van der Waals surface area contributed by atoms with Crippen molar-refractivity contribution in [1.82, 2.24) is 0 Å². The van der Waals surface area contributed by atoms with E-state index >= 15 is 0 Å². The van der Waals surface area contributed by atoms with E-state index in [9.17, 15) is 14.9 Å². The molecule has 0 spiro atoms. The van der Waals surface area contributed by atoms with E-state index in [0.29, 0.717) is 22.0 Å². The van der Waals surface area contributed by atoms with Crippen LogP contribution in [-0.2, 0) is 22.4 Å². The number of amides is 2. The number of hydrogen-bond acceptors (Lipinski definition) is 5. The lowest BCUT2D eigenvalue weighted by molar-refractivity contribution is -0.123. The third kappa shape index (κ3) is 2.82. The molecule has 1 aromatic carbocycles. The van der Waals surface area contributed by atoms with Gasteiger partial charge in [-0.2, -0.15) is 5.26 Å². The van der Waals surface area contributed by atoms with Crippen molar-refractivity contribution in [1.29, 1.82) is 5.26 Å². The number of aryl methyl sites for hydroxylation is 2. The summed E-state index contributed by atoms with van der Waals surface area (Å²) >= 11 is 1.47. The van der Waals surface area contributed by atoms with Crippen LogP contribution in [-0.4, -0.2) is 25.0 Å². The average Bonchev–Trinajstić information content (AvgIpc) is 3.18. The number of nitriles is 1. The van der Waals surface area contributed by atoms with Crippen molar-refractivity contribution in [2.75, 3.05) is 23.4 Å². The lowest BCUT2D eigenvalue weighted by Gasteiger charge is -2.29. The molecule has 2 aliphatic rings. The largest absolute Gasteiger partial charge is 0.482 e. The standard InChI is InChI=1S/C19H17N3O3S/c1-11-5-6-15-14(7-11)22(18(24)10-25-15)9-17(23)21-19-13(8-20)12-3-2-4-16(12)26-19/h5-7H,2-4,9-10H2,1H3,(H,21,23). The molecule has 1 aliphatic carbocycles. The van der Waals surface area contributed by atoms with E-state index < -0.39 is 0 Å². The number of carbonyl (C=O) groups is 2. The Morgan fingerprint density at radius 2 is 2.27 bits per heavy atom. The molecule has 1 N–H and O–H groups in total. The summed E-state index contributed by atoms with van der Waals surface area (Å²) in [5.74, 6) is 0.0207. The van der Waals surface area contributed by atoms with E-state index in [4.69, 9.17) is 4.74 Å². The van der Waals surface area contributed by atoms with Crippen molar-refractivity contribution < 1.29 is 14.3 Å². The molecule has 0 saturated carbocycles. The predicted octanol–water partition coefficient (Wildman–Crippen LogP) is 2.78. The number of rotatable bonds is 3. The first-order valence-corrected chi connectivity index (χ1v) is 9.27. The van der Waals surface area contributed by atoms with Crippen molar-refractivity contribution >= 4 is 33.8 Å². The molecule has 2 amide bonds. The number of ether oxygens (including phenoxy) is 1. The maximum Gasteiger partial charge on any atom is 0.265 e. The highest BCUT2D eigenvalue weighted by atomic mass is 32.1. The third-order valence-electron chi connectivity index (χ3n) is 4.65. The molecule has 0 unspecified atom stereocenters. The zero-order chi connectivity index (χ0) is 18.3. The number of thiophene rings is 1. The minimum atomic E-state index is -0.316. The smallest absolute Gasteiger partial charge is 0.265 e. The Labute approximate surface area is 155 Å². The number of benzene rings is 1. The number of anilines is 2. The Morgan fingerprint density at radius 3 is 3.08 bits per heavy atom. The number of fused-ring (bicyclic) bond motifs is 2. The molecule has 0 radical (unpaired) electrons. The highest BCUT2D eigenvalue weighted by Gasteiger charge is 2.28. The maximum absolute atomic E-state index is 12.6.